The molecule has 0 aliphatic rings. The Hall–Kier alpha value is -1.54. The van der Waals surface area contributed by atoms with Crippen molar-refractivity contribution in [3.05, 3.63) is 5.82 Å². The number of methoxy groups -OCH3 is 2. The Bertz CT molecular complexity index is 417. The second-order valence-corrected chi connectivity index (χ2v) is 4.43. The molecular weight excluding hydrogens is 252 g/mol. The van der Waals surface area contributed by atoms with E-state index in [1.165, 1.54) is 11.8 Å². The fourth-order valence-corrected chi connectivity index (χ4v) is 1.71. The van der Waals surface area contributed by atoms with E-state index in [4.69, 9.17) is 14.6 Å². The molecule has 8 heteroatoms. The van der Waals surface area contributed by atoms with Gasteiger partial charge in [0.05, 0.1) is 19.1 Å². The van der Waals surface area contributed by atoms with Crippen LogP contribution in [0.1, 0.15) is 32.5 Å². The van der Waals surface area contributed by atoms with Crippen molar-refractivity contribution in [2.45, 2.75) is 44.9 Å². The Kier molecular flexibility index (Phi) is 5.37. The van der Waals surface area contributed by atoms with Crippen molar-refractivity contribution in [1.29, 1.82) is 0 Å². The van der Waals surface area contributed by atoms with Crippen LogP contribution in [0.25, 0.3) is 0 Å². The summed E-state index contributed by atoms with van der Waals surface area (Å²) in [6, 6.07) is 0. The maximum atomic E-state index is 10.7. The van der Waals surface area contributed by atoms with Crippen LogP contribution in [0.15, 0.2) is 0 Å². The third-order valence-corrected chi connectivity index (χ3v) is 3.24. The van der Waals surface area contributed by atoms with Crippen LogP contribution in [0.3, 0.4) is 0 Å². The summed E-state index contributed by atoms with van der Waals surface area (Å²) in [6.45, 7) is 4.12. The molecule has 0 saturated carbocycles. The molecule has 0 amide bonds. The first-order chi connectivity index (χ1) is 8.96. The predicted molar refractivity (Wildman–Crippen MR) is 65.5 cm³/mol. The molecule has 108 valence electrons. The molecule has 8 nitrogen and oxygen atoms in total. The Morgan fingerprint density at radius 1 is 1.53 bits per heavy atom. The fourth-order valence-electron chi connectivity index (χ4n) is 1.71. The van der Waals surface area contributed by atoms with Crippen molar-refractivity contribution in [3.8, 4) is 0 Å². The average molecular weight is 272 g/mol. The van der Waals surface area contributed by atoms with E-state index in [2.05, 4.69) is 15.5 Å². The van der Waals surface area contributed by atoms with Gasteiger partial charge < -0.3 is 14.6 Å². The summed E-state index contributed by atoms with van der Waals surface area (Å²) in [6.07, 6.45) is 0.101. The van der Waals surface area contributed by atoms with E-state index in [9.17, 15) is 4.79 Å². The third-order valence-electron chi connectivity index (χ3n) is 3.24. The summed E-state index contributed by atoms with van der Waals surface area (Å²) in [7, 11) is 3.06. The van der Waals surface area contributed by atoms with Crippen LogP contribution in [0, 0.1) is 0 Å². The van der Waals surface area contributed by atoms with E-state index in [0.29, 0.717) is 12.2 Å². The van der Waals surface area contributed by atoms with Gasteiger partial charge in [0.2, 0.25) is 0 Å². The van der Waals surface area contributed by atoms with Crippen molar-refractivity contribution in [3.63, 3.8) is 0 Å². The van der Waals surface area contributed by atoms with Gasteiger partial charge >= 0.3 is 5.97 Å². The SMILES string of the molecule is CCC(C)(OC)c1nnnn1CC(CC(=O)O)OC. The highest BCUT2D eigenvalue weighted by Gasteiger charge is 2.31. The van der Waals surface area contributed by atoms with Crippen LogP contribution in [0.4, 0.5) is 0 Å². The van der Waals surface area contributed by atoms with Crippen molar-refractivity contribution in [1.82, 2.24) is 20.2 Å². The van der Waals surface area contributed by atoms with Crippen molar-refractivity contribution in [2.24, 2.45) is 0 Å². The molecule has 0 fully saturated rings. The molecule has 0 radical (unpaired) electrons. The van der Waals surface area contributed by atoms with Crippen molar-refractivity contribution < 1.29 is 19.4 Å². The standard InChI is InChI=1S/C11H20N4O4/c1-5-11(2,19-4)10-12-13-14-15(10)7-8(18-3)6-9(16)17/h8H,5-7H2,1-4H3,(H,16,17). The average Bonchev–Trinajstić information content (AvgIpc) is 2.85. The van der Waals surface area contributed by atoms with Gasteiger partial charge in [-0.15, -0.1) is 5.10 Å². The number of aromatic nitrogens is 4. The van der Waals surface area contributed by atoms with Gasteiger partial charge in [-0.05, 0) is 23.8 Å². The zero-order chi connectivity index (χ0) is 14.5. The van der Waals surface area contributed by atoms with Gasteiger partial charge in [0.1, 0.15) is 5.60 Å². The van der Waals surface area contributed by atoms with E-state index >= 15 is 0 Å². The first kappa shape index (κ1) is 15.5. The molecule has 0 aliphatic heterocycles. The molecule has 0 saturated heterocycles. The number of tetrazole rings is 1. The monoisotopic (exact) mass is 272 g/mol. The topological polar surface area (TPSA) is 99.4 Å². The number of hydrogen-bond acceptors (Lipinski definition) is 6. The number of rotatable bonds is 8. The van der Waals surface area contributed by atoms with E-state index in [-0.39, 0.29) is 13.0 Å². The molecule has 0 spiro atoms. The minimum Gasteiger partial charge on any atom is -0.481 e. The molecule has 2 atom stereocenters. The van der Waals surface area contributed by atoms with Gasteiger partial charge in [-0.25, -0.2) is 4.68 Å². The molecular formula is C11H20N4O4. The first-order valence-corrected chi connectivity index (χ1v) is 6.03. The van der Waals surface area contributed by atoms with Crippen LogP contribution in [-0.2, 0) is 26.4 Å². The molecule has 0 aliphatic carbocycles. The Balaban J connectivity index is 2.91. The summed E-state index contributed by atoms with van der Waals surface area (Å²) in [5.41, 5.74) is -0.606. The number of hydrogen-bond donors (Lipinski definition) is 1. The number of ether oxygens (including phenoxy) is 2. The summed E-state index contributed by atoms with van der Waals surface area (Å²) in [5.74, 6) is -0.364. The minimum absolute atomic E-state index is 0.106. The second kappa shape index (κ2) is 6.58. The summed E-state index contributed by atoms with van der Waals surface area (Å²) < 4.78 is 12.1. The summed E-state index contributed by atoms with van der Waals surface area (Å²) in [4.78, 5) is 10.7. The zero-order valence-corrected chi connectivity index (χ0v) is 11.7. The largest absolute Gasteiger partial charge is 0.481 e. The number of carboxylic acid groups (broad SMARTS) is 1. The van der Waals surface area contributed by atoms with Crippen LogP contribution < -0.4 is 0 Å². The Labute approximate surface area is 111 Å². The smallest absolute Gasteiger partial charge is 0.306 e. The molecule has 1 aromatic rings. The lowest BCUT2D eigenvalue weighted by molar-refractivity contribution is -0.140. The van der Waals surface area contributed by atoms with Crippen LogP contribution >= 0.6 is 0 Å². The highest BCUT2D eigenvalue weighted by Crippen LogP contribution is 2.25. The summed E-state index contributed by atoms with van der Waals surface area (Å²) in [5, 5.41) is 20.3. The molecule has 1 N–H and O–H groups in total. The van der Waals surface area contributed by atoms with Gasteiger partial charge in [-0.3, -0.25) is 4.79 Å². The highest BCUT2D eigenvalue weighted by atomic mass is 16.5. The number of carboxylic acids is 1. The highest BCUT2D eigenvalue weighted by molar-refractivity contribution is 5.67. The van der Waals surface area contributed by atoms with E-state index in [1.807, 2.05) is 13.8 Å². The maximum Gasteiger partial charge on any atom is 0.306 e. The minimum atomic E-state index is -0.925. The number of nitrogens with zero attached hydrogens (tertiary/aromatic N) is 4. The lowest BCUT2D eigenvalue weighted by Gasteiger charge is -2.25. The van der Waals surface area contributed by atoms with Crippen LogP contribution in [0.5, 0.6) is 0 Å². The normalized spacial score (nSPS) is 16.0. The fraction of sp³-hybridized carbons (Fsp3) is 0.818. The quantitative estimate of drug-likeness (QED) is 0.732. The predicted octanol–water partition coefficient (Wildman–Crippen LogP) is 0.434. The van der Waals surface area contributed by atoms with Crippen molar-refractivity contribution in [2.75, 3.05) is 14.2 Å². The Morgan fingerprint density at radius 3 is 2.68 bits per heavy atom. The van der Waals surface area contributed by atoms with Crippen molar-refractivity contribution >= 4 is 5.97 Å². The lowest BCUT2D eigenvalue weighted by atomic mass is 10.0. The van der Waals surface area contributed by atoms with Gasteiger partial charge in [-0.2, -0.15) is 0 Å². The molecule has 0 bridgehead atoms. The van der Waals surface area contributed by atoms with Crippen LogP contribution in [0.2, 0.25) is 0 Å². The third kappa shape index (κ3) is 3.71. The molecule has 1 rings (SSSR count). The Morgan fingerprint density at radius 2 is 2.21 bits per heavy atom. The molecule has 0 aromatic carbocycles. The number of carbonyl (C=O) groups is 1. The lowest BCUT2D eigenvalue weighted by Crippen LogP contribution is -2.31. The van der Waals surface area contributed by atoms with Gasteiger partial charge in [0, 0.05) is 14.2 Å². The van der Waals surface area contributed by atoms with Gasteiger partial charge in [0.25, 0.3) is 0 Å². The maximum absolute atomic E-state index is 10.7. The molecule has 2 unspecified atom stereocenters. The zero-order valence-electron chi connectivity index (χ0n) is 11.7. The number of aliphatic carboxylic acids is 1. The molecule has 1 aromatic heterocycles. The van der Waals surface area contributed by atoms with E-state index in [1.54, 1.807) is 7.11 Å². The van der Waals surface area contributed by atoms with E-state index < -0.39 is 17.7 Å². The van der Waals surface area contributed by atoms with Crippen LogP contribution in [-0.4, -0.2) is 51.6 Å². The molecule has 19 heavy (non-hydrogen) atoms. The second-order valence-electron chi connectivity index (χ2n) is 4.43. The molecule has 1 heterocycles. The van der Waals surface area contributed by atoms with Gasteiger partial charge in [0.15, 0.2) is 5.82 Å². The van der Waals surface area contributed by atoms with Gasteiger partial charge in [-0.1, -0.05) is 6.92 Å². The summed E-state index contributed by atoms with van der Waals surface area (Å²) >= 11 is 0. The first-order valence-electron chi connectivity index (χ1n) is 6.03. The van der Waals surface area contributed by atoms with E-state index in [0.717, 1.165) is 0 Å².